The number of fused-ring (bicyclic) bond motifs is 4. The molecule has 0 unspecified atom stereocenters. The average molecular weight is 445 g/mol. The summed E-state index contributed by atoms with van der Waals surface area (Å²) >= 11 is 0. The first kappa shape index (κ1) is 19.2. The molecular formula is C35H24. The van der Waals surface area contributed by atoms with Crippen LogP contribution in [0.4, 0.5) is 0 Å². The van der Waals surface area contributed by atoms with Crippen LogP contribution in [0.1, 0.15) is 25.0 Å². The lowest BCUT2D eigenvalue weighted by Crippen LogP contribution is -2.14. The predicted molar refractivity (Wildman–Crippen MR) is 151 cm³/mol. The van der Waals surface area contributed by atoms with E-state index in [2.05, 4.69) is 123 Å². The van der Waals surface area contributed by atoms with Gasteiger partial charge in [0.2, 0.25) is 0 Å². The molecule has 0 radical (unpaired) electrons. The highest BCUT2D eigenvalue weighted by Crippen LogP contribution is 2.50. The van der Waals surface area contributed by atoms with E-state index in [4.69, 9.17) is 0 Å². The lowest BCUT2D eigenvalue weighted by Gasteiger charge is -2.21. The highest BCUT2D eigenvalue weighted by molar-refractivity contribution is 6.25. The van der Waals surface area contributed by atoms with Crippen LogP contribution >= 0.6 is 0 Å². The standard InChI is InChI=1S/C35H24/c1-35(2)31-9-4-3-8-28(31)30-19-24-12-13-25(18-26(24)20-32(30)35)27-16-14-23-11-10-21-6-5-7-22-15-17-29(27)34(23)33(21)22/h3-20H,1-2H3. The quantitative estimate of drug-likeness (QED) is 0.221. The van der Waals surface area contributed by atoms with Crippen molar-refractivity contribution in [3.05, 3.63) is 120 Å². The largest absolute Gasteiger partial charge is 0.0619 e. The first-order chi connectivity index (χ1) is 17.1. The van der Waals surface area contributed by atoms with Crippen LogP contribution in [0.25, 0.3) is 65.3 Å². The summed E-state index contributed by atoms with van der Waals surface area (Å²) in [5.74, 6) is 0. The Kier molecular flexibility index (Phi) is 3.56. The topological polar surface area (TPSA) is 0 Å². The fourth-order valence-electron chi connectivity index (χ4n) is 6.60. The molecule has 7 aromatic rings. The zero-order chi connectivity index (χ0) is 23.3. The highest BCUT2D eigenvalue weighted by atomic mass is 14.4. The molecule has 0 aromatic heterocycles. The van der Waals surface area contributed by atoms with Crippen LogP contribution in [-0.4, -0.2) is 0 Å². The maximum absolute atomic E-state index is 2.43. The van der Waals surface area contributed by atoms with Gasteiger partial charge in [-0.2, -0.15) is 0 Å². The molecule has 0 saturated heterocycles. The minimum absolute atomic E-state index is 0.0170. The number of hydrogen-bond acceptors (Lipinski definition) is 0. The Morgan fingerprint density at radius 3 is 2.00 bits per heavy atom. The van der Waals surface area contributed by atoms with Gasteiger partial charge in [0.05, 0.1) is 0 Å². The van der Waals surface area contributed by atoms with E-state index in [-0.39, 0.29) is 5.41 Å². The van der Waals surface area contributed by atoms with Gasteiger partial charge in [-0.1, -0.05) is 105 Å². The minimum atomic E-state index is 0.0170. The van der Waals surface area contributed by atoms with Crippen LogP contribution in [-0.2, 0) is 5.41 Å². The van der Waals surface area contributed by atoms with Gasteiger partial charge in [-0.05, 0) is 94.7 Å². The zero-order valence-electron chi connectivity index (χ0n) is 19.9. The second-order valence-electron chi connectivity index (χ2n) is 10.6. The van der Waals surface area contributed by atoms with Gasteiger partial charge in [0, 0.05) is 5.41 Å². The van der Waals surface area contributed by atoms with Gasteiger partial charge in [0.1, 0.15) is 0 Å². The summed E-state index contributed by atoms with van der Waals surface area (Å²) in [6, 6.07) is 41.0. The van der Waals surface area contributed by atoms with Gasteiger partial charge in [0.15, 0.2) is 0 Å². The van der Waals surface area contributed by atoms with Gasteiger partial charge in [-0.25, -0.2) is 0 Å². The maximum atomic E-state index is 2.43. The van der Waals surface area contributed by atoms with Gasteiger partial charge in [-0.15, -0.1) is 0 Å². The molecule has 0 nitrogen and oxygen atoms in total. The normalized spacial score (nSPS) is 14.2. The molecule has 0 spiro atoms. The second-order valence-corrected chi connectivity index (χ2v) is 10.6. The van der Waals surface area contributed by atoms with Gasteiger partial charge in [0.25, 0.3) is 0 Å². The van der Waals surface area contributed by atoms with E-state index >= 15 is 0 Å². The summed E-state index contributed by atoms with van der Waals surface area (Å²) in [4.78, 5) is 0. The Morgan fingerprint density at radius 2 is 1.14 bits per heavy atom. The van der Waals surface area contributed by atoms with Crippen molar-refractivity contribution in [2.24, 2.45) is 0 Å². The van der Waals surface area contributed by atoms with Crippen molar-refractivity contribution < 1.29 is 0 Å². The van der Waals surface area contributed by atoms with E-state index in [0.29, 0.717) is 0 Å². The molecule has 0 atom stereocenters. The molecule has 35 heavy (non-hydrogen) atoms. The van der Waals surface area contributed by atoms with Gasteiger partial charge < -0.3 is 0 Å². The van der Waals surface area contributed by atoms with Gasteiger partial charge >= 0.3 is 0 Å². The van der Waals surface area contributed by atoms with E-state index in [1.54, 1.807) is 0 Å². The minimum Gasteiger partial charge on any atom is -0.0619 e. The molecule has 0 bridgehead atoms. The first-order valence-corrected chi connectivity index (χ1v) is 12.4. The van der Waals surface area contributed by atoms with Crippen LogP contribution in [0.15, 0.2) is 109 Å². The van der Waals surface area contributed by atoms with E-state index < -0.39 is 0 Å². The van der Waals surface area contributed by atoms with Crippen molar-refractivity contribution in [2.75, 3.05) is 0 Å². The van der Waals surface area contributed by atoms with E-state index in [0.717, 1.165) is 0 Å². The molecule has 0 heterocycles. The average Bonchev–Trinajstić information content (AvgIpc) is 3.12. The molecule has 8 rings (SSSR count). The van der Waals surface area contributed by atoms with Crippen molar-refractivity contribution in [3.8, 4) is 22.3 Å². The Hall–Kier alpha value is -4.16. The third-order valence-corrected chi connectivity index (χ3v) is 8.38. The monoisotopic (exact) mass is 444 g/mol. The van der Waals surface area contributed by atoms with Crippen LogP contribution in [0, 0.1) is 0 Å². The van der Waals surface area contributed by atoms with Crippen molar-refractivity contribution in [1.82, 2.24) is 0 Å². The van der Waals surface area contributed by atoms with E-state index in [1.807, 2.05) is 0 Å². The summed E-state index contributed by atoms with van der Waals surface area (Å²) in [6.07, 6.45) is 0. The molecule has 0 heteroatoms. The number of benzene rings is 7. The zero-order valence-corrected chi connectivity index (χ0v) is 19.9. The molecular weight excluding hydrogens is 420 g/mol. The summed E-state index contributed by atoms with van der Waals surface area (Å²) in [7, 11) is 0. The van der Waals surface area contributed by atoms with Crippen molar-refractivity contribution >= 4 is 43.1 Å². The van der Waals surface area contributed by atoms with Crippen molar-refractivity contribution in [3.63, 3.8) is 0 Å². The molecule has 7 aromatic carbocycles. The number of hydrogen-bond donors (Lipinski definition) is 0. The summed E-state index contributed by atoms with van der Waals surface area (Å²) in [5, 5.41) is 10.6. The molecule has 0 amide bonds. The molecule has 1 aliphatic rings. The molecule has 1 aliphatic carbocycles. The Balaban J connectivity index is 1.38. The summed E-state index contributed by atoms with van der Waals surface area (Å²) < 4.78 is 0. The van der Waals surface area contributed by atoms with Crippen LogP contribution in [0.5, 0.6) is 0 Å². The third-order valence-electron chi connectivity index (χ3n) is 8.38. The second kappa shape index (κ2) is 6.49. The molecule has 0 fully saturated rings. The SMILES string of the molecule is CC1(C)c2ccccc2-c2cc3ccc(-c4ccc5ccc6cccc7ccc4c5c67)cc3cc21. The third kappa shape index (κ3) is 2.47. The summed E-state index contributed by atoms with van der Waals surface area (Å²) in [5.41, 5.74) is 8.22. The van der Waals surface area contributed by atoms with Crippen molar-refractivity contribution in [1.29, 1.82) is 0 Å². The highest BCUT2D eigenvalue weighted by Gasteiger charge is 2.35. The molecule has 0 aliphatic heterocycles. The Labute approximate surface area is 204 Å². The fraction of sp³-hybridized carbons (Fsp3) is 0.0857. The summed E-state index contributed by atoms with van der Waals surface area (Å²) in [6.45, 7) is 4.71. The lowest BCUT2D eigenvalue weighted by molar-refractivity contribution is 0.661. The Bertz CT molecular complexity index is 1950. The lowest BCUT2D eigenvalue weighted by atomic mass is 9.81. The smallest absolute Gasteiger partial charge is 0.0159 e. The maximum Gasteiger partial charge on any atom is 0.0159 e. The Morgan fingerprint density at radius 1 is 0.429 bits per heavy atom. The molecule has 0 saturated carbocycles. The molecule has 164 valence electrons. The van der Waals surface area contributed by atoms with Crippen molar-refractivity contribution in [2.45, 2.75) is 19.3 Å². The van der Waals surface area contributed by atoms with E-state index in [9.17, 15) is 0 Å². The van der Waals surface area contributed by atoms with E-state index in [1.165, 1.54) is 76.5 Å². The number of rotatable bonds is 1. The fourth-order valence-corrected chi connectivity index (χ4v) is 6.60. The molecule has 0 N–H and O–H groups in total. The predicted octanol–water partition coefficient (Wildman–Crippen LogP) is 9.71. The first-order valence-electron chi connectivity index (χ1n) is 12.4. The van der Waals surface area contributed by atoms with Crippen LogP contribution < -0.4 is 0 Å². The van der Waals surface area contributed by atoms with Gasteiger partial charge in [-0.3, -0.25) is 0 Å². The van der Waals surface area contributed by atoms with Crippen LogP contribution in [0.3, 0.4) is 0 Å². The van der Waals surface area contributed by atoms with Crippen LogP contribution in [0.2, 0.25) is 0 Å².